The second-order valence-electron chi connectivity index (χ2n) is 3.72. The van der Waals surface area contributed by atoms with E-state index < -0.39 is 0 Å². The molecule has 2 nitrogen and oxygen atoms in total. The Kier molecular flexibility index (Phi) is 3.46. The molecule has 16 heavy (non-hydrogen) atoms. The first kappa shape index (κ1) is 11.4. The summed E-state index contributed by atoms with van der Waals surface area (Å²) in [5, 5.41) is 7.15. The molecular formula is C12H13ClN2S. The average molecular weight is 253 g/mol. The molecule has 0 aliphatic carbocycles. The molecule has 2 aromatic rings. The van der Waals surface area contributed by atoms with E-state index in [1.807, 2.05) is 36.7 Å². The van der Waals surface area contributed by atoms with Gasteiger partial charge in [0.05, 0.1) is 16.8 Å². The summed E-state index contributed by atoms with van der Waals surface area (Å²) in [6.07, 6.45) is 1.81. The number of nitrogens with one attached hydrogen (secondary N) is 1. The fourth-order valence-corrected chi connectivity index (χ4v) is 2.42. The Morgan fingerprint density at radius 2 is 2.25 bits per heavy atom. The third kappa shape index (κ3) is 2.54. The number of benzene rings is 1. The molecule has 1 aromatic carbocycles. The van der Waals surface area contributed by atoms with E-state index in [0.29, 0.717) is 0 Å². The Hall–Kier alpha value is -1.06. The van der Waals surface area contributed by atoms with Gasteiger partial charge in [0, 0.05) is 11.6 Å². The summed E-state index contributed by atoms with van der Waals surface area (Å²) in [5.74, 6) is 0. The van der Waals surface area contributed by atoms with E-state index in [4.69, 9.17) is 11.6 Å². The van der Waals surface area contributed by atoms with Crippen LogP contribution in [0.1, 0.15) is 23.5 Å². The van der Waals surface area contributed by atoms with E-state index in [1.54, 1.807) is 11.3 Å². The third-order valence-electron chi connectivity index (χ3n) is 2.32. The highest BCUT2D eigenvalue weighted by Crippen LogP contribution is 2.27. The fraction of sp³-hybridized carbons (Fsp3) is 0.250. The number of halogens is 1. The maximum absolute atomic E-state index is 6.16. The van der Waals surface area contributed by atoms with Crippen LogP contribution in [-0.4, -0.2) is 4.98 Å². The van der Waals surface area contributed by atoms with Gasteiger partial charge in [0.15, 0.2) is 0 Å². The lowest BCUT2D eigenvalue weighted by Crippen LogP contribution is -2.06. The number of thiazole rings is 1. The van der Waals surface area contributed by atoms with Gasteiger partial charge < -0.3 is 5.32 Å². The Balaban J connectivity index is 2.15. The predicted octanol–water partition coefficient (Wildman–Crippen LogP) is 4.28. The Labute approximate surface area is 104 Å². The van der Waals surface area contributed by atoms with Crippen molar-refractivity contribution in [2.24, 2.45) is 0 Å². The number of aryl methyl sites for hydroxylation is 1. The molecular weight excluding hydrogens is 240 g/mol. The van der Waals surface area contributed by atoms with E-state index in [0.717, 1.165) is 21.3 Å². The van der Waals surface area contributed by atoms with Crippen LogP contribution in [0.2, 0.25) is 5.02 Å². The SMILES string of the molecule is Cc1ccc(NC(C)c2nccs2)c(Cl)c1. The van der Waals surface area contributed by atoms with Gasteiger partial charge in [-0.15, -0.1) is 11.3 Å². The smallest absolute Gasteiger partial charge is 0.115 e. The van der Waals surface area contributed by atoms with Crippen molar-refractivity contribution < 1.29 is 0 Å². The van der Waals surface area contributed by atoms with E-state index in [-0.39, 0.29) is 6.04 Å². The Morgan fingerprint density at radius 1 is 1.44 bits per heavy atom. The fourth-order valence-electron chi connectivity index (χ4n) is 1.48. The van der Waals surface area contributed by atoms with Crippen LogP contribution in [0.15, 0.2) is 29.8 Å². The van der Waals surface area contributed by atoms with Crippen LogP contribution < -0.4 is 5.32 Å². The first-order valence-electron chi connectivity index (χ1n) is 5.09. The van der Waals surface area contributed by atoms with Crippen molar-refractivity contribution in [2.75, 3.05) is 5.32 Å². The van der Waals surface area contributed by atoms with Gasteiger partial charge in [0.25, 0.3) is 0 Å². The normalized spacial score (nSPS) is 12.4. The molecule has 84 valence electrons. The standard InChI is InChI=1S/C12H13ClN2S/c1-8-3-4-11(10(13)7-8)15-9(2)12-14-5-6-16-12/h3-7,9,15H,1-2H3. The molecule has 1 N–H and O–H groups in total. The number of hydrogen-bond acceptors (Lipinski definition) is 3. The van der Waals surface area contributed by atoms with Crippen LogP contribution in [-0.2, 0) is 0 Å². The molecule has 0 amide bonds. The summed E-state index contributed by atoms with van der Waals surface area (Å²) < 4.78 is 0. The zero-order valence-corrected chi connectivity index (χ0v) is 10.8. The minimum absolute atomic E-state index is 0.181. The average Bonchev–Trinajstić information content (AvgIpc) is 2.75. The molecule has 1 atom stereocenters. The molecule has 1 aromatic heterocycles. The maximum atomic E-state index is 6.16. The zero-order chi connectivity index (χ0) is 11.5. The molecule has 0 bridgehead atoms. The highest BCUT2D eigenvalue weighted by atomic mass is 35.5. The zero-order valence-electron chi connectivity index (χ0n) is 9.20. The van der Waals surface area contributed by atoms with Gasteiger partial charge in [-0.3, -0.25) is 0 Å². The minimum Gasteiger partial charge on any atom is -0.375 e. The summed E-state index contributed by atoms with van der Waals surface area (Å²) in [7, 11) is 0. The van der Waals surface area contributed by atoms with Gasteiger partial charge in [-0.25, -0.2) is 4.98 Å². The van der Waals surface area contributed by atoms with Crippen molar-refractivity contribution in [3.63, 3.8) is 0 Å². The summed E-state index contributed by atoms with van der Waals surface area (Å²) in [4.78, 5) is 4.27. The predicted molar refractivity (Wildman–Crippen MR) is 70.3 cm³/mol. The van der Waals surface area contributed by atoms with Crippen LogP contribution in [0.25, 0.3) is 0 Å². The topological polar surface area (TPSA) is 24.9 Å². The lowest BCUT2D eigenvalue weighted by Gasteiger charge is -2.14. The van der Waals surface area contributed by atoms with Crippen molar-refractivity contribution >= 4 is 28.6 Å². The largest absolute Gasteiger partial charge is 0.375 e. The van der Waals surface area contributed by atoms with Gasteiger partial charge in [-0.05, 0) is 31.5 Å². The molecule has 1 heterocycles. The quantitative estimate of drug-likeness (QED) is 0.882. The first-order valence-corrected chi connectivity index (χ1v) is 6.34. The van der Waals surface area contributed by atoms with Crippen LogP contribution >= 0.6 is 22.9 Å². The molecule has 2 rings (SSSR count). The molecule has 0 saturated heterocycles. The van der Waals surface area contributed by atoms with Crippen LogP contribution in [0.5, 0.6) is 0 Å². The van der Waals surface area contributed by atoms with E-state index in [1.165, 1.54) is 0 Å². The van der Waals surface area contributed by atoms with Crippen molar-refractivity contribution in [3.05, 3.63) is 45.4 Å². The van der Waals surface area contributed by atoms with Crippen molar-refractivity contribution in [1.29, 1.82) is 0 Å². The van der Waals surface area contributed by atoms with Crippen molar-refractivity contribution in [2.45, 2.75) is 19.9 Å². The van der Waals surface area contributed by atoms with E-state index in [2.05, 4.69) is 17.2 Å². The molecule has 1 unspecified atom stereocenters. The van der Waals surface area contributed by atoms with Crippen LogP contribution in [0.4, 0.5) is 5.69 Å². The summed E-state index contributed by atoms with van der Waals surface area (Å²) >= 11 is 7.80. The molecule has 0 saturated carbocycles. The highest BCUT2D eigenvalue weighted by Gasteiger charge is 2.09. The lowest BCUT2D eigenvalue weighted by molar-refractivity contribution is 0.870. The van der Waals surface area contributed by atoms with Gasteiger partial charge in [-0.2, -0.15) is 0 Å². The summed E-state index contributed by atoms with van der Waals surface area (Å²) in [5.41, 5.74) is 2.12. The van der Waals surface area contributed by atoms with E-state index >= 15 is 0 Å². The Morgan fingerprint density at radius 3 is 2.88 bits per heavy atom. The molecule has 4 heteroatoms. The molecule has 0 spiro atoms. The summed E-state index contributed by atoms with van der Waals surface area (Å²) in [6, 6.07) is 6.18. The van der Waals surface area contributed by atoms with Crippen LogP contribution in [0, 0.1) is 6.92 Å². The molecule has 0 fully saturated rings. The van der Waals surface area contributed by atoms with Crippen molar-refractivity contribution in [1.82, 2.24) is 4.98 Å². The third-order valence-corrected chi connectivity index (χ3v) is 3.59. The minimum atomic E-state index is 0.181. The molecule has 0 aliphatic rings. The maximum Gasteiger partial charge on any atom is 0.115 e. The van der Waals surface area contributed by atoms with Gasteiger partial charge in [0.1, 0.15) is 5.01 Å². The van der Waals surface area contributed by atoms with E-state index in [9.17, 15) is 0 Å². The summed E-state index contributed by atoms with van der Waals surface area (Å²) in [6.45, 7) is 4.11. The van der Waals surface area contributed by atoms with Gasteiger partial charge in [0.2, 0.25) is 0 Å². The lowest BCUT2D eigenvalue weighted by atomic mass is 10.2. The van der Waals surface area contributed by atoms with Crippen molar-refractivity contribution in [3.8, 4) is 0 Å². The molecule has 0 aliphatic heterocycles. The van der Waals surface area contributed by atoms with Gasteiger partial charge >= 0.3 is 0 Å². The number of anilines is 1. The highest BCUT2D eigenvalue weighted by molar-refractivity contribution is 7.09. The Bertz CT molecular complexity index is 468. The van der Waals surface area contributed by atoms with Gasteiger partial charge in [-0.1, -0.05) is 17.7 Å². The number of rotatable bonds is 3. The second-order valence-corrected chi connectivity index (χ2v) is 5.05. The monoisotopic (exact) mass is 252 g/mol. The first-order chi connectivity index (χ1) is 7.66. The van der Waals surface area contributed by atoms with Crippen LogP contribution in [0.3, 0.4) is 0 Å². The number of aromatic nitrogens is 1. The number of nitrogens with zero attached hydrogens (tertiary/aromatic N) is 1. The second kappa shape index (κ2) is 4.85. The molecule has 0 radical (unpaired) electrons. The number of hydrogen-bond donors (Lipinski definition) is 1.